The van der Waals surface area contributed by atoms with E-state index in [0.717, 1.165) is 5.56 Å². The molecule has 1 amide bonds. The van der Waals surface area contributed by atoms with Gasteiger partial charge in [-0.3, -0.25) is 9.59 Å². The van der Waals surface area contributed by atoms with E-state index in [9.17, 15) is 9.59 Å². The average Bonchev–Trinajstić information content (AvgIpc) is 2.16. The first-order chi connectivity index (χ1) is 6.68. The first-order valence-electron chi connectivity index (χ1n) is 4.31. The summed E-state index contributed by atoms with van der Waals surface area (Å²) in [5.41, 5.74) is 6.37. The normalized spacial score (nSPS) is 14.4. The summed E-state index contributed by atoms with van der Waals surface area (Å²) in [7, 11) is 0. The number of esters is 1. The van der Waals surface area contributed by atoms with Gasteiger partial charge in [0.2, 0.25) is 5.91 Å². The number of fused-ring (bicyclic) bond motifs is 1. The van der Waals surface area contributed by atoms with Crippen molar-refractivity contribution in [3.63, 3.8) is 0 Å². The zero-order chi connectivity index (χ0) is 10.1. The van der Waals surface area contributed by atoms with Gasteiger partial charge in [-0.1, -0.05) is 6.07 Å². The number of ether oxygens (including phenoxy) is 1. The van der Waals surface area contributed by atoms with Gasteiger partial charge in [-0.2, -0.15) is 0 Å². The van der Waals surface area contributed by atoms with E-state index in [2.05, 4.69) is 0 Å². The third kappa shape index (κ3) is 1.35. The van der Waals surface area contributed by atoms with Crippen LogP contribution in [0.25, 0.3) is 0 Å². The van der Waals surface area contributed by atoms with E-state index in [1.165, 1.54) is 0 Å². The van der Waals surface area contributed by atoms with Crippen LogP contribution in [0.4, 0.5) is 0 Å². The number of hydrogen-bond acceptors (Lipinski definition) is 3. The maximum absolute atomic E-state index is 11.0. The minimum Gasteiger partial charge on any atom is -0.426 e. The molecular weight excluding hydrogens is 182 g/mol. The maximum atomic E-state index is 11.0. The summed E-state index contributed by atoms with van der Waals surface area (Å²) in [6.07, 6.45) is 0.824. The van der Waals surface area contributed by atoms with Gasteiger partial charge in [-0.15, -0.1) is 0 Å². The lowest BCUT2D eigenvalue weighted by Gasteiger charge is -2.17. The molecule has 2 N–H and O–H groups in total. The summed E-state index contributed by atoms with van der Waals surface area (Å²) in [5, 5.41) is 0. The van der Waals surface area contributed by atoms with E-state index in [0.29, 0.717) is 24.2 Å². The molecule has 14 heavy (non-hydrogen) atoms. The van der Waals surface area contributed by atoms with Gasteiger partial charge in [0.05, 0.1) is 6.42 Å². The fraction of sp³-hybridized carbons (Fsp3) is 0.200. The molecule has 0 aromatic heterocycles. The summed E-state index contributed by atoms with van der Waals surface area (Å²) in [4.78, 5) is 22.0. The van der Waals surface area contributed by atoms with E-state index in [1.807, 2.05) is 0 Å². The minimum absolute atomic E-state index is 0.265. The SMILES string of the molecule is NC(=O)c1cccc2c1CCC(=O)O2. The van der Waals surface area contributed by atoms with Crippen LogP contribution in [0.15, 0.2) is 18.2 Å². The Kier molecular flexibility index (Phi) is 1.96. The van der Waals surface area contributed by atoms with Crippen LogP contribution < -0.4 is 10.5 Å². The van der Waals surface area contributed by atoms with E-state index >= 15 is 0 Å². The second-order valence-corrected chi connectivity index (χ2v) is 3.12. The topological polar surface area (TPSA) is 69.4 Å². The van der Waals surface area contributed by atoms with Crippen molar-refractivity contribution in [3.05, 3.63) is 29.3 Å². The highest BCUT2D eigenvalue weighted by Crippen LogP contribution is 2.27. The zero-order valence-electron chi connectivity index (χ0n) is 7.45. The van der Waals surface area contributed by atoms with Crippen LogP contribution in [0.2, 0.25) is 0 Å². The fourth-order valence-electron chi connectivity index (χ4n) is 1.55. The molecule has 2 rings (SSSR count). The Morgan fingerprint density at radius 3 is 2.86 bits per heavy atom. The lowest BCUT2D eigenvalue weighted by Crippen LogP contribution is -2.20. The highest BCUT2D eigenvalue weighted by atomic mass is 16.5. The molecule has 1 aromatic rings. The van der Waals surface area contributed by atoms with Gasteiger partial charge in [0.15, 0.2) is 0 Å². The van der Waals surface area contributed by atoms with Gasteiger partial charge >= 0.3 is 5.97 Å². The summed E-state index contributed by atoms with van der Waals surface area (Å²) >= 11 is 0. The summed E-state index contributed by atoms with van der Waals surface area (Å²) < 4.78 is 4.98. The summed E-state index contributed by atoms with van der Waals surface area (Å²) in [6.45, 7) is 0. The molecule has 0 unspecified atom stereocenters. The van der Waals surface area contributed by atoms with Crippen molar-refractivity contribution in [1.29, 1.82) is 0 Å². The molecule has 0 fully saturated rings. The van der Waals surface area contributed by atoms with Gasteiger partial charge in [0.25, 0.3) is 0 Å². The van der Waals surface area contributed by atoms with Gasteiger partial charge in [-0.25, -0.2) is 0 Å². The standard InChI is InChI=1S/C10H9NO3/c11-10(13)7-2-1-3-8-6(7)4-5-9(12)14-8/h1-3H,4-5H2,(H2,11,13). The summed E-state index contributed by atoms with van der Waals surface area (Å²) in [5.74, 6) is -0.295. The van der Waals surface area contributed by atoms with Gasteiger partial charge < -0.3 is 10.5 Å². The molecule has 4 heteroatoms. The van der Waals surface area contributed by atoms with Gasteiger partial charge in [-0.05, 0) is 18.6 Å². The summed E-state index contributed by atoms with van der Waals surface area (Å²) in [6, 6.07) is 4.96. The molecule has 0 radical (unpaired) electrons. The van der Waals surface area contributed by atoms with Crippen molar-refractivity contribution in [3.8, 4) is 5.75 Å². The molecule has 1 aromatic carbocycles. The van der Waals surface area contributed by atoms with Crippen LogP contribution >= 0.6 is 0 Å². The third-order valence-corrected chi connectivity index (χ3v) is 2.20. The number of carbonyl (C=O) groups excluding carboxylic acids is 2. The Hall–Kier alpha value is -1.84. The van der Waals surface area contributed by atoms with Gasteiger partial charge in [0.1, 0.15) is 5.75 Å². The number of rotatable bonds is 1. The lowest BCUT2D eigenvalue weighted by atomic mass is 9.99. The van der Waals surface area contributed by atoms with E-state index in [1.54, 1.807) is 18.2 Å². The number of hydrogen-bond donors (Lipinski definition) is 1. The van der Waals surface area contributed by atoms with E-state index < -0.39 is 5.91 Å². The third-order valence-electron chi connectivity index (χ3n) is 2.20. The minimum atomic E-state index is -0.486. The van der Waals surface area contributed by atoms with Crippen molar-refractivity contribution in [2.24, 2.45) is 5.73 Å². The van der Waals surface area contributed by atoms with Crippen molar-refractivity contribution in [2.75, 3.05) is 0 Å². The zero-order valence-corrected chi connectivity index (χ0v) is 7.45. The molecule has 0 bridgehead atoms. The van der Waals surface area contributed by atoms with Crippen LogP contribution in [-0.4, -0.2) is 11.9 Å². The van der Waals surface area contributed by atoms with Crippen LogP contribution in [0.1, 0.15) is 22.3 Å². The smallest absolute Gasteiger partial charge is 0.311 e. The van der Waals surface area contributed by atoms with Crippen LogP contribution in [-0.2, 0) is 11.2 Å². The molecule has 1 aliphatic rings. The second kappa shape index (κ2) is 3.14. The number of primary amides is 1. The molecule has 1 heterocycles. The second-order valence-electron chi connectivity index (χ2n) is 3.12. The maximum Gasteiger partial charge on any atom is 0.311 e. The Labute approximate surface area is 80.7 Å². The first-order valence-corrected chi connectivity index (χ1v) is 4.31. The van der Waals surface area contributed by atoms with Crippen LogP contribution in [0.5, 0.6) is 5.75 Å². The molecule has 0 saturated carbocycles. The number of nitrogens with two attached hydrogens (primary N) is 1. The number of benzene rings is 1. The van der Waals surface area contributed by atoms with Crippen LogP contribution in [0, 0.1) is 0 Å². The predicted octanol–water partition coefficient (Wildman–Crippen LogP) is 0.637. The Morgan fingerprint density at radius 1 is 1.36 bits per heavy atom. The number of carbonyl (C=O) groups is 2. The van der Waals surface area contributed by atoms with Crippen LogP contribution in [0.3, 0.4) is 0 Å². The Morgan fingerprint density at radius 2 is 2.14 bits per heavy atom. The molecule has 4 nitrogen and oxygen atoms in total. The largest absolute Gasteiger partial charge is 0.426 e. The highest BCUT2D eigenvalue weighted by molar-refractivity contribution is 5.95. The first kappa shape index (κ1) is 8.74. The lowest BCUT2D eigenvalue weighted by molar-refractivity contribution is -0.135. The highest BCUT2D eigenvalue weighted by Gasteiger charge is 2.21. The van der Waals surface area contributed by atoms with Crippen molar-refractivity contribution in [2.45, 2.75) is 12.8 Å². The fourth-order valence-corrected chi connectivity index (χ4v) is 1.55. The Balaban J connectivity index is 2.52. The monoisotopic (exact) mass is 191 g/mol. The predicted molar refractivity (Wildman–Crippen MR) is 48.9 cm³/mol. The molecule has 1 aliphatic heterocycles. The molecular formula is C10H9NO3. The molecule has 0 saturated heterocycles. The van der Waals surface area contributed by atoms with E-state index in [-0.39, 0.29) is 5.97 Å². The van der Waals surface area contributed by atoms with Crippen molar-refractivity contribution >= 4 is 11.9 Å². The Bertz CT molecular complexity index is 412. The van der Waals surface area contributed by atoms with E-state index in [4.69, 9.17) is 10.5 Å². The quantitative estimate of drug-likeness (QED) is 0.523. The molecule has 0 atom stereocenters. The average molecular weight is 191 g/mol. The number of amides is 1. The molecule has 72 valence electrons. The van der Waals surface area contributed by atoms with Crippen molar-refractivity contribution in [1.82, 2.24) is 0 Å². The van der Waals surface area contributed by atoms with Gasteiger partial charge in [0, 0.05) is 11.1 Å². The van der Waals surface area contributed by atoms with Crippen molar-refractivity contribution < 1.29 is 14.3 Å². The molecule has 0 aliphatic carbocycles. The molecule has 0 spiro atoms.